The van der Waals surface area contributed by atoms with Crippen LogP contribution < -0.4 is 0 Å². The van der Waals surface area contributed by atoms with E-state index in [9.17, 15) is 33.9 Å². The smallest absolute Gasteiger partial charge is 0.316 e. The molecule has 4 spiro atoms. The average Bonchev–Trinajstić information content (AvgIpc) is 3.64. The van der Waals surface area contributed by atoms with E-state index in [4.69, 9.17) is 9.47 Å². The van der Waals surface area contributed by atoms with Crippen molar-refractivity contribution in [2.24, 2.45) is 33.5 Å². The first-order valence-corrected chi connectivity index (χ1v) is 28.9. The van der Waals surface area contributed by atoms with Gasteiger partial charge < -0.3 is 19.3 Å². The van der Waals surface area contributed by atoms with Gasteiger partial charge in [-0.25, -0.2) is 0 Å². The van der Waals surface area contributed by atoms with E-state index in [0.717, 1.165) is 64.2 Å². The molecule has 396 valence electrons. The first-order chi connectivity index (χ1) is 33.1. The van der Waals surface area contributed by atoms with Gasteiger partial charge in [0.15, 0.2) is 0 Å². The molecular weight excluding hydrogens is 869 g/mol. The predicted molar refractivity (Wildman–Crippen MR) is 273 cm³/mol. The van der Waals surface area contributed by atoms with Crippen LogP contribution in [0, 0.1) is 33.5 Å². The Labute approximate surface area is 419 Å². The minimum atomic E-state index is -0.838. The summed E-state index contributed by atoms with van der Waals surface area (Å²) in [4.78, 5) is 68.3. The number of ether oxygens (including phenoxy) is 3. The monoisotopic (exact) mass is 969 g/mol. The Bertz CT molecular complexity index is 1550. The molecule has 0 radical (unpaired) electrons. The van der Waals surface area contributed by atoms with Crippen LogP contribution in [-0.4, -0.2) is 65.8 Å². The second-order valence-corrected chi connectivity index (χ2v) is 23.2. The summed E-state index contributed by atoms with van der Waals surface area (Å²) in [6.07, 6.45) is 44.2. The second kappa shape index (κ2) is 29.8. The lowest BCUT2D eigenvalue weighted by Crippen LogP contribution is -2.47. The second-order valence-electron chi connectivity index (χ2n) is 23.2. The van der Waals surface area contributed by atoms with Crippen molar-refractivity contribution in [3.8, 4) is 0 Å². The Morgan fingerprint density at radius 1 is 0.464 bits per heavy atom. The van der Waals surface area contributed by atoms with Gasteiger partial charge in [-0.2, -0.15) is 0 Å². The molecule has 2 atom stereocenters. The van der Waals surface area contributed by atoms with Crippen LogP contribution in [-0.2, 0) is 43.0 Å². The Balaban J connectivity index is 0.000000194. The quantitative estimate of drug-likeness (QED) is 0.148. The zero-order valence-corrected chi connectivity index (χ0v) is 44.8. The Kier molecular flexibility index (Phi) is 25.4. The Morgan fingerprint density at radius 3 is 1.26 bits per heavy atom. The van der Waals surface area contributed by atoms with Crippen molar-refractivity contribution in [3.05, 3.63) is 0 Å². The van der Waals surface area contributed by atoms with Gasteiger partial charge in [0.05, 0.1) is 31.3 Å². The summed E-state index contributed by atoms with van der Waals surface area (Å²) in [5, 5.41) is 10.7. The highest BCUT2D eigenvalue weighted by atomic mass is 16.5. The summed E-state index contributed by atoms with van der Waals surface area (Å²) in [6, 6.07) is 0. The number of hydrogen-bond acceptors (Lipinski definition) is 10. The predicted octanol–water partition coefficient (Wildman–Crippen LogP) is 14.2. The van der Waals surface area contributed by atoms with Gasteiger partial charge in [-0.05, 0) is 178 Å². The molecule has 8 aliphatic rings. The van der Waals surface area contributed by atoms with Crippen molar-refractivity contribution in [2.45, 2.75) is 284 Å². The maximum atomic E-state index is 12.1. The number of esters is 3. The standard InChI is InChI=1S/C16H28O3.C15H24O3.C12H20O.C11H18O.C5H10O2/c1-3-19-14(17)13(2)16(18)11-9-15(10-12-16)7-5-4-6-8-15;1-2-18-14(17)12-6-10-15(11-7-13(12)16)8-4-3-5-9-15;13-11-5-4-9-12(10-6-11)7-2-1-3-8-12;12-10-4-8-11(9-5-10)6-2-1-3-7-11;1-3-5(6)7-4-2/h13,18H,3-12H2,1-2H3;12H,2-11H2,1H3;1-10H2;1-9H2;3-4H2,1-2H3. The van der Waals surface area contributed by atoms with Crippen LogP contribution >= 0.6 is 0 Å². The van der Waals surface area contributed by atoms with Gasteiger partial charge in [0, 0.05) is 38.5 Å². The van der Waals surface area contributed by atoms with Crippen LogP contribution in [0.4, 0.5) is 0 Å². The van der Waals surface area contributed by atoms with Gasteiger partial charge in [0.25, 0.3) is 0 Å². The van der Waals surface area contributed by atoms with E-state index in [1.54, 1.807) is 20.8 Å². The number of hydrogen-bond donors (Lipinski definition) is 1. The highest BCUT2D eigenvalue weighted by Crippen LogP contribution is 2.52. The van der Waals surface area contributed by atoms with Gasteiger partial charge in [-0.3, -0.25) is 28.8 Å². The summed E-state index contributed by atoms with van der Waals surface area (Å²) >= 11 is 0. The van der Waals surface area contributed by atoms with Gasteiger partial charge >= 0.3 is 17.9 Å². The van der Waals surface area contributed by atoms with E-state index >= 15 is 0 Å². The van der Waals surface area contributed by atoms with Crippen molar-refractivity contribution in [1.29, 1.82) is 0 Å². The van der Waals surface area contributed by atoms with E-state index < -0.39 is 17.4 Å². The van der Waals surface area contributed by atoms with Crippen LogP contribution in [0.1, 0.15) is 279 Å². The molecule has 0 aliphatic heterocycles. The fraction of sp³-hybridized carbons (Fsp3) is 0.898. The first-order valence-electron chi connectivity index (χ1n) is 28.9. The molecule has 0 bridgehead atoms. The van der Waals surface area contributed by atoms with Crippen LogP contribution in [0.3, 0.4) is 0 Å². The lowest BCUT2D eigenvalue weighted by molar-refractivity contribution is -0.162. The highest BCUT2D eigenvalue weighted by molar-refractivity contribution is 5.99. The van der Waals surface area contributed by atoms with Gasteiger partial charge in [0.2, 0.25) is 0 Å². The van der Waals surface area contributed by atoms with E-state index in [1.807, 2.05) is 13.8 Å². The Morgan fingerprint density at radius 2 is 0.841 bits per heavy atom. The summed E-state index contributed by atoms with van der Waals surface area (Å²) in [7, 11) is 0. The average molecular weight is 969 g/mol. The highest BCUT2D eigenvalue weighted by Gasteiger charge is 2.47. The fourth-order valence-electron chi connectivity index (χ4n) is 13.8. The van der Waals surface area contributed by atoms with Crippen LogP contribution in [0.15, 0.2) is 0 Å². The molecule has 8 aliphatic carbocycles. The first kappa shape index (κ1) is 58.9. The molecule has 2 unspecified atom stereocenters. The lowest BCUT2D eigenvalue weighted by atomic mass is 9.60. The largest absolute Gasteiger partial charge is 0.466 e. The molecule has 0 aromatic rings. The SMILES string of the molecule is CCOC(=O)C(C)C1(O)CCC2(CCCCC2)CC1.CCOC(=O)C1CCC2(CCCCC2)CCC1=O.CCOC(=O)CC.O=C1CCC2(CCCCC2)CC1.O=C1CCCC2(CCCCC2)CC1. The molecule has 1 N–H and O–H groups in total. The van der Waals surface area contributed by atoms with Crippen molar-refractivity contribution in [1.82, 2.24) is 0 Å². The van der Waals surface area contributed by atoms with Gasteiger partial charge in [-0.15, -0.1) is 0 Å². The van der Waals surface area contributed by atoms with Crippen molar-refractivity contribution in [3.63, 3.8) is 0 Å². The van der Waals surface area contributed by atoms with Crippen molar-refractivity contribution in [2.75, 3.05) is 19.8 Å². The number of rotatable bonds is 7. The summed E-state index contributed by atoms with van der Waals surface area (Å²) < 4.78 is 14.6. The minimum Gasteiger partial charge on any atom is -0.466 e. The molecule has 8 saturated carbocycles. The maximum Gasteiger partial charge on any atom is 0.316 e. The molecule has 0 saturated heterocycles. The normalized spacial score (nSPS) is 26.0. The molecule has 10 nitrogen and oxygen atoms in total. The summed E-state index contributed by atoms with van der Waals surface area (Å²) in [5.74, 6) is -0.411. The van der Waals surface area contributed by atoms with Crippen molar-refractivity contribution < 1.29 is 48.1 Å². The number of carbonyl (C=O) groups excluding carboxylic acids is 6. The lowest BCUT2D eigenvalue weighted by Gasteiger charge is -2.47. The zero-order chi connectivity index (χ0) is 50.2. The molecule has 0 aromatic carbocycles. The van der Waals surface area contributed by atoms with E-state index in [-0.39, 0.29) is 23.7 Å². The third kappa shape index (κ3) is 19.1. The van der Waals surface area contributed by atoms with Gasteiger partial charge in [0.1, 0.15) is 23.3 Å². The van der Waals surface area contributed by atoms with E-state index in [2.05, 4.69) is 4.74 Å². The van der Waals surface area contributed by atoms with Crippen LogP contribution in [0.5, 0.6) is 0 Å². The van der Waals surface area contributed by atoms with Crippen LogP contribution in [0.2, 0.25) is 0 Å². The van der Waals surface area contributed by atoms with Crippen LogP contribution in [0.25, 0.3) is 0 Å². The number of ketones is 3. The van der Waals surface area contributed by atoms with E-state index in [0.29, 0.717) is 72.3 Å². The molecule has 8 fully saturated rings. The maximum absolute atomic E-state index is 12.1. The molecule has 0 amide bonds. The molecule has 8 rings (SSSR count). The van der Waals surface area contributed by atoms with Crippen molar-refractivity contribution >= 4 is 35.3 Å². The third-order valence-electron chi connectivity index (χ3n) is 18.7. The number of carbonyl (C=O) groups is 6. The topological polar surface area (TPSA) is 150 Å². The molecular formula is C59H100O10. The van der Waals surface area contributed by atoms with E-state index in [1.165, 1.54) is 161 Å². The molecule has 0 heterocycles. The van der Waals surface area contributed by atoms with Gasteiger partial charge in [-0.1, -0.05) is 84.0 Å². The summed E-state index contributed by atoms with van der Waals surface area (Å²) in [6.45, 7) is 10.3. The molecule has 10 heteroatoms. The number of aliphatic hydroxyl groups is 1. The number of Topliss-reactive ketones (excluding diaryl/α,β-unsaturated/α-hetero) is 3. The molecule has 0 aromatic heterocycles. The summed E-state index contributed by atoms with van der Waals surface area (Å²) in [5.41, 5.74) is 1.21. The Hall–Kier alpha value is -2.62. The third-order valence-corrected chi connectivity index (χ3v) is 18.7. The zero-order valence-electron chi connectivity index (χ0n) is 44.8. The fourth-order valence-corrected chi connectivity index (χ4v) is 13.8. The minimum absolute atomic E-state index is 0.107. The molecule has 69 heavy (non-hydrogen) atoms.